The monoisotopic (exact) mass is 364 g/mol. The number of carbonyl (C=O) groups excluding carboxylic acids is 1. The SMILES string of the molecule is CCNC(=NCCCOCC(C)C)N1CCN(c2cnn(C)c2)C(=O)C1. The van der Waals surface area contributed by atoms with Crippen LogP contribution >= 0.6 is 0 Å². The number of rotatable bonds is 8. The maximum Gasteiger partial charge on any atom is 0.246 e. The summed E-state index contributed by atoms with van der Waals surface area (Å²) in [5.74, 6) is 1.42. The number of hydrogen-bond acceptors (Lipinski definition) is 4. The van der Waals surface area contributed by atoms with Gasteiger partial charge in [-0.1, -0.05) is 13.8 Å². The predicted molar refractivity (Wildman–Crippen MR) is 103 cm³/mol. The zero-order valence-electron chi connectivity index (χ0n) is 16.4. The van der Waals surface area contributed by atoms with Gasteiger partial charge in [0, 0.05) is 52.6 Å². The first-order chi connectivity index (χ1) is 12.5. The lowest BCUT2D eigenvalue weighted by atomic mass is 10.2. The molecule has 0 aromatic carbocycles. The van der Waals surface area contributed by atoms with Crippen LogP contribution in [0.2, 0.25) is 0 Å². The van der Waals surface area contributed by atoms with E-state index in [2.05, 4.69) is 29.3 Å². The molecule has 1 saturated heterocycles. The molecule has 8 heteroatoms. The highest BCUT2D eigenvalue weighted by atomic mass is 16.5. The van der Waals surface area contributed by atoms with Gasteiger partial charge in [0.1, 0.15) is 6.54 Å². The molecule has 2 heterocycles. The molecule has 1 aliphatic rings. The van der Waals surface area contributed by atoms with Crippen LogP contribution in [0.5, 0.6) is 0 Å². The highest BCUT2D eigenvalue weighted by molar-refractivity contribution is 5.98. The Hall–Kier alpha value is -2.09. The number of ether oxygens (including phenoxy) is 1. The minimum absolute atomic E-state index is 0.0649. The molecule has 0 bridgehead atoms. The summed E-state index contributed by atoms with van der Waals surface area (Å²) in [7, 11) is 1.85. The van der Waals surface area contributed by atoms with Crippen LogP contribution in [-0.4, -0.2) is 72.5 Å². The molecule has 0 unspecified atom stereocenters. The highest BCUT2D eigenvalue weighted by Crippen LogP contribution is 2.16. The van der Waals surface area contributed by atoms with E-state index in [1.807, 2.05) is 25.1 Å². The standard InChI is InChI=1S/C18H32N6O2/c1-5-19-18(20-7-6-10-26-14-15(2)3)23-8-9-24(17(25)13-23)16-11-21-22(4)12-16/h11-12,15H,5-10,13-14H2,1-4H3,(H,19,20). The quantitative estimate of drug-likeness (QED) is 0.425. The first-order valence-electron chi connectivity index (χ1n) is 9.41. The van der Waals surface area contributed by atoms with E-state index in [-0.39, 0.29) is 5.91 Å². The second-order valence-corrected chi connectivity index (χ2v) is 6.90. The van der Waals surface area contributed by atoms with Crippen molar-refractivity contribution in [3.05, 3.63) is 12.4 Å². The van der Waals surface area contributed by atoms with Gasteiger partial charge >= 0.3 is 0 Å². The molecule has 1 aromatic rings. The largest absolute Gasteiger partial charge is 0.381 e. The van der Waals surface area contributed by atoms with Crippen LogP contribution in [0.15, 0.2) is 17.4 Å². The number of nitrogens with zero attached hydrogens (tertiary/aromatic N) is 5. The van der Waals surface area contributed by atoms with E-state index in [4.69, 9.17) is 4.74 Å². The molecule has 0 saturated carbocycles. The van der Waals surface area contributed by atoms with Crippen molar-refractivity contribution in [3.8, 4) is 0 Å². The number of aliphatic imine (C=N–C) groups is 1. The molecule has 0 aliphatic carbocycles. The van der Waals surface area contributed by atoms with Crippen LogP contribution in [0.3, 0.4) is 0 Å². The van der Waals surface area contributed by atoms with Gasteiger partial charge in [0.25, 0.3) is 0 Å². The second kappa shape index (κ2) is 10.2. The highest BCUT2D eigenvalue weighted by Gasteiger charge is 2.27. The minimum Gasteiger partial charge on any atom is -0.381 e. The molecule has 8 nitrogen and oxygen atoms in total. The van der Waals surface area contributed by atoms with Crippen LogP contribution in [0.25, 0.3) is 0 Å². The van der Waals surface area contributed by atoms with E-state index in [1.54, 1.807) is 15.8 Å². The molecule has 0 radical (unpaired) electrons. The number of aromatic nitrogens is 2. The van der Waals surface area contributed by atoms with Gasteiger partial charge in [-0.3, -0.25) is 14.5 Å². The number of carbonyl (C=O) groups is 1. The van der Waals surface area contributed by atoms with Gasteiger partial charge < -0.3 is 19.9 Å². The van der Waals surface area contributed by atoms with E-state index in [0.717, 1.165) is 44.4 Å². The number of amides is 1. The molecule has 1 aliphatic heterocycles. The van der Waals surface area contributed by atoms with Crippen LogP contribution in [-0.2, 0) is 16.6 Å². The first-order valence-corrected chi connectivity index (χ1v) is 9.41. The van der Waals surface area contributed by atoms with Crippen LogP contribution in [0.1, 0.15) is 27.2 Å². The molecule has 0 atom stereocenters. The lowest BCUT2D eigenvalue weighted by Crippen LogP contribution is -2.55. The van der Waals surface area contributed by atoms with Gasteiger partial charge in [0.05, 0.1) is 11.9 Å². The molecule has 1 aromatic heterocycles. The summed E-state index contributed by atoms with van der Waals surface area (Å²) in [6.45, 7) is 11.0. The predicted octanol–water partition coefficient (Wildman–Crippen LogP) is 1.10. The molecule has 146 valence electrons. The zero-order chi connectivity index (χ0) is 18.9. The van der Waals surface area contributed by atoms with Gasteiger partial charge in [0.2, 0.25) is 5.91 Å². The fourth-order valence-corrected chi connectivity index (χ4v) is 2.77. The molecular formula is C18H32N6O2. The van der Waals surface area contributed by atoms with Crippen LogP contribution < -0.4 is 10.2 Å². The minimum atomic E-state index is 0.0649. The number of hydrogen-bond donors (Lipinski definition) is 1. The van der Waals surface area contributed by atoms with Crippen molar-refractivity contribution < 1.29 is 9.53 Å². The Bertz CT molecular complexity index is 598. The normalized spacial score (nSPS) is 15.9. The Morgan fingerprint density at radius 2 is 2.23 bits per heavy atom. The fraction of sp³-hybridized carbons (Fsp3) is 0.722. The van der Waals surface area contributed by atoms with Crippen molar-refractivity contribution in [2.45, 2.75) is 27.2 Å². The van der Waals surface area contributed by atoms with Gasteiger partial charge in [-0.2, -0.15) is 5.10 Å². The van der Waals surface area contributed by atoms with E-state index in [0.29, 0.717) is 25.6 Å². The van der Waals surface area contributed by atoms with E-state index in [1.165, 1.54) is 0 Å². The maximum atomic E-state index is 12.5. The number of guanidine groups is 1. The van der Waals surface area contributed by atoms with Crippen molar-refractivity contribution in [2.24, 2.45) is 18.0 Å². The number of piperazine rings is 1. The lowest BCUT2D eigenvalue weighted by molar-refractivity contribution is -0.120. The van der Waals surface area contributed by atoms with Crippen molar-refractivity contribution in [1.29, 1.82) is 0 Å². The average Bonchev–Trinajstić information content (AvgIpc) is 3.02. The summed E-state index contributed by atoms with van der Waals surface area (Å²) in [5, 5.41) is 7.44. The topological polar surface area (TPSA) is 75.0 Å². The Kier molecular flexibility index (Phi) is 7.90. The van der Waals surface area contributed by atoms with Crippen molar-refractivity contribution >= 4 is 17.6 Å². The molecule has 0 spiro atoms. The Morgan fingerprint density at radius 3 is 2.85 bits per heavy atom. The first kappa shape index (κ1) is 20.2. The molecule has 1 fully saturated rings. The average molecular weight is 364 g/mol. The number of anilines is 1. The summed E-state index contributed by atoms with van der Waals surface area (Å²) < 4.78 is 7.30. The van der Waals surface area contributed by atoms with Gasteiger partial charge in [-0.05, 0) is 19.3 Å². The van der Waals surface area contributed by atoms with Gasteiger partial charge in [0.15, 0.2) is 5.96 Å². The van der Waals surface area contributed by atoms with Gasteiger partial charge in [-0.25, -0.2) is 0 Å². The van der Waals surface area contributed by atoms with Crippen LogP contribution in [0.4, 0.5) is 5.69 Å². The summed E-state index contributed by atoms with van der Waals surface area (Å²) in [4.78, 5) is 21.0. The fourth-order valence-electron chi connectivity index (χ4n) is 2.77. The molecule has 26 heavy (non-hydrogen) atoms. The third kappa shape index (κ3) is 6.01. The van der Waals surface area contributed by atoms with E-state index >= 15 is 0 Å². The van der Waals surface area contributed by atoms with Crippen molar-refractivity contribution in [3.63, 3.8) is 0 Å². The molecule has 2 rings (SSSR count). The third-order valence-electron chi connectivity index (χ3n) is 4.02. The third-order valence-corrected chi connectivity index (χ3v) is 4.02. The lowest BCUT2D eigenvalue weighted by Gasteiger charge is -2.35. The van der Waals surface area contributed by atoms with Crippen LogP contribution in [0, 0.1) is 5.92 Å². The summed E-state index contributed by atoms with van der Waals surface area (Å²) >= 11 is 0. The Morgan fingerprint density at radius 1 is 1.42 bits per heavy atom. The molecule has 1 N–H and O–H groups in total. The Balaban J connectivity index is 1.86. The van der Waals surface area contributed by atoms with E-state index < -0.39 is 0 Å². The number of nitrogens with one attached hydrogen (secondary N) is 1. The van der Waals surface area contributed by atoms with Crippen molar-refractivity contribution in [1.82, 2.24) is 20.0 Å². The smallest absolute Gasteiger partial charge is 0.246 e. The number of aryl methyl sites for hydroxylation is 1. The Labute approximate surface area is 156 Å². The summed E-state index contributed by atoms with van der Waals surface area (Å²) in [6, 6.07) is 0. The molecular weight excluding hydrogens is 332 g/mol. The van der Waals surface area contributed by atoms with Crippen molar-refractivity contribution in [2.75, 3.05) is 50.8 Å². The molecule has 1 amide bonds. The van der Waals surface area contributed by atoms with Gasteiger partial charge in [-0.15, -0.1) is 0 Å². The second-order valence-electron chi connectivity index (χ2n) is 6.90. The maximum absolute atomic E-state index is 12.5. The zero-order valence-corrected chi connectivity index (χ0v) is 16.4. The van der Waals surface area contributed by atoms with E-state index in [9.17, 15) is 4.79 Å². The summed E-state index contributed by atoms with van der Waals surface area (Å²) in [5.41, 5.74) is 0.849. The summed E-state index contributed by atoms with van der Waals surface area (Å²) in [6.07, 6.45) is 4.47.